The fourth-order valence-electron chi connectivity index (χ4n) is 3.83. The van der Waals surface area contributed by atoms with Gasteiger partial charge in [-0.3, -0.25) is 4.79 Å². The highest BCUT2D eigenvalue weighted by atomic mass is 35.5. The second kappa shape index (κ2) is 8.28. The van der Waals surface area contributed by atoms with E-state index in [0.29, 0.717) is 34.6 Å². The zero-order valence-corrected chi connectivity index (χ0v) is 17.7. The van der Waals surface area contributed by atoms with Crippen LogP contribution in [0.4, 0.5) is 5.82 Å². The maximum Gasteiger partial charge on any atom is 0.226 e. The van der Waals surface area contributed by atoms with Gasteiger partial charge in [-0.25, -0.2) is 4.68 Å². The van der Waals surface area contributed by atoms with Crippen LogP contribution in [-0.4, -0.2) is 37.0 Å². The molecule has 4 rings (SSSR count). The first-order valence-electron chi connectivity index (χ1n) is 9.44. The summed E-state index contributed by atoms with van der Waals surface area (Å²) in [6, 6.07) is 11.3. The zero-order valence-electron chi connectivity index (χ0n) is 16.9. The van der Waals surface area contributed by atoms with Gasteiger partial charge in [0.25, 0.3) is 0 Å². The van der Waals surface area contributed by atoms with Crippen molar-refractivity contribution >= 4 is 23.3 Å². The summed E-state index contributed by atoms with van der Waals surface area (Å²) in [5.74, 6) is 2.00. The number of benzene rings is 2. The number of carbonyl (C=O) groups excluding carboxylic acids is 1. The van der Waals surface area contributed by atoms with Gasteiger partial charge in [0, 0.05) is 28.5 Å². The maximum absolute atomic E-state index is 12.6. The topological polar surface area (TPSA) is 74.6 Å². The van der Waals surface area contributed by atoms with Gasteiger partial charge in [0.1, 0.15) is 5.82 Å². The molecule has 0 radical (unpaired) electrons. The smallest absolute Gasteiger partial charge is 0.226 e. The molecule has 0 bridgehead atoms. The number of ether oxygens (including phenoxy) is 3. The van der Waals surface area contributed by atoms with Crippen molar-refractivity contribution < 1.29 is 19.0 Å². The van der Waals surface area contributed by atoms with E-state index in [1.165, 1.54) is 0 Å². The Morgan fingerprint density at radius 3 is 2.43 bits per heavy atom. The molecule has 1 aliphatic rings. The Kier molecular flexibility index (Phi) is 5.55. The number of nitrogens with one attached hydrogen (secondary N) is 1. The summed E-state index contributed by atoms with van der Waals surface area (Å²) in [6.45, 7) is 0.516. The van der Waals surface area contributed by atoms with Crippen LogP contribution in [0.3, 0.4) is 0 Å². The summed E-state index contributed by atoms with van der Waals surface area (Å²) < 4.78 is 18.3. The third kappa shape index (κ3) is 3.57. The lowest BCUT2D eigenvalue weighted by Crippen LogP contribution is -2.25. The van der Waals surface area contributed by atoms with Gasteiger partial charge in [0.05, 0.1) is 34.1 Å². The normalized spacial score (nSPS) is 15.3. The number of halogens is 1. The van der Waals surface area contributed by atoms with Crippen molar-refractivity contribution in [2.45, 2.75) is 18.9 Å². The van der Waals surface area contributed by atoms with Gasteiger partial charge in [-0.2, -0.15) is 5.10 Å². The van der Waals surface area contributed by atoms with Crippen LogP contribution >= 0.6 is 11.6 Å². The molecule has 1 amide bonds. The van der Waals surface area contributed by atoms with E-state index in [4.69, 9.17) is 25.8 Å². The number of methoxy groups -OCH3 is 3. The van der Waals surface area contributed by atoms with Crippen LogP contribution in [0.15, 0.2) is 42.6 Å². The van der Waals surface area contributed by atoms with E-state index in [0.717, 1.165) is 16.7 Å². The number of hydrogen-bond acceptors (Lipinski definition) is 5. The van der Waals surface area contributed by atoms with E-state index < -0.39 is 0 Å². The van der Waals surface area contributed by atoms with Crippen LogP contribution in [0.2, 0.25) is 5.02 Å². The average Bonchev–Trinajstić information content (AvgIpc) is 3.15. The lowest BCUT2D eigenvalue weighted by molar-refractivity contribution is -0.116. The number of anilines is 1. The van der Waals surface area contributed by atoms with E-state index in [2.05, 4.69) is 10.4 Å². The van der Waals surface area contributed by atoms with Gasteiger partial charge in [0.15, 0.2) is 11.5 Å². The molecule has 0 saturated heterocycles. The molecule has 7 nitrogen and oxygen atoms in total. The first-order valence-corrected chi connectivity index (χ1v) is 9.82. The SMILES string of the molecule is COc1ccc([C@@H]2CC(=O)Nc3c2cnn3Cc2ccc(Cl)cc2)c(OC)c1OC. The maximum atomic E-state index is 12.6. The lowest BCUT2D eigenvalue weighted by Gasteiger charge is -2.26. The number of rotatable bonds is 6. The first-order chi connectivity index (χ1) is 14.5. The Labute approximate surface area is 179 Å². The van der Waals surface area contributed by atoms with Crippen molar-refractivity contribution in [2.24, 2.45) is 0 Å². The molecule has 0 fully saturated rings. The van der Waals surface area contributed by atoms with E-state index in [1.807, 2.05) is 36.4 Å². The Morgan fingerprint density at radius 1 is 1.03 bits per heavy atom. The summed E-state index contributed by atoms with van der Waals surface area (Å²) >= 11 is 5.98. The Balaban J connectivity index is 1.76. The van der Waals surface area contributed by atoms with Crippen LogP contribution in [0, 0.1) is 0 Å². The van der Waals surface area contributed by atoms with Gasteiger partial charge in [-0.05, 0) is 23.8 Å². The van der Waals surface area contributed by atoms with E-state index >= 15 is 0 Å². The molecule has 1 atom stereocenters. The minimum Gasteiger partial charge on any atom is -0.493 e. The number of carbonyl (C=O) groups is 1. The number of amides is 1. The summed E-state index contributed by atoms with van der Waals surface area (Å²) in [5.41, 5.74) is 2.80. The quantitative estimate of drug-likeness (QED) is 0.641. The third-order valence-corrected chi connectivity index (χ3v) is 5.50. The molecular weight excluding hydrogens is 406 g/mol. The van der Waals surface area contributed by atoms with Crippen molar-refractivity contribution in [3.63, 3.8) is 0 Å². The first kappa shape index (κ1) is 20.1. The predicted octanol–water partition coefficient (Wildman–Crippen LogP) is 4.08. The molecule has 0 aliphatic carbocycles. The molecule has 30 heavy (non-hydrogen) atoms. The number of hydrogen-bond donors (Lipinski definition) is 1. The monoisotopic (exact) mass is 427 g/mol. The van der Waals surface area contributed by atoms with Crippen molar-refractivity contribution in [2.75, 3.05) is 26.6 Å². The second-order valence-corrected chi connectivity index (χ2v) is 7.40. The molecule has 3 aromatic rings. The fraction of sp³-hybridized carbons (Fsp3) is 0.273. The van der Waals surface area contributed by atoms with Gasteiger partial charge in [-0.1, -0.05) is 29.8 Å². The number of fused-ring (bicyclic) bond motifs is 1. The largest absolute Gasteiger partial charge is 0.493 e. The summed E-state index contributed by atoms with van der Waals surface area (Å²) in [4.78, 5) is 12.6. The minimum absolute atomic E-state index is 0.0813. The van der Waals surface area contributed by atoms with Crippen LogP contribution in [0.5, 0.6) is 17.2 Å². The molecule has 1 aromatic heterocycles. The molecule has 2 aromatic carbocycles. The van der Waals surface area contributed by atoms with E-state index in [1.54, 1.807) is 32.2 Å². The fourth-order valence-corrected chi connectivity index (χ4v) is 3.95. The van der Waals surface area contributed by atoms with Gasteiger partial charge in [0.2, 0.25) is 11.7 Å². The van der Waals surface area contributed by atoms with Crippen molar-refractivity contribution in [3.8, 4) is 17.2 Å². The van der Waals surface area contributed by atoms with Crippen molar-refractivity contribution in [3.05, 3.63) is 64.3 Å². The van der Waals surface area contributed by atoms with E-state index in [-0.39, 0.29) is 18.2 Å². The molecule has 0 unspecified atom stereocenters. The van der Waals surface area contributed by atoms with Crippen molar-refractivity contribution in [1.82, 2.24) is 9.78 Å². The zero-order chi connectivity index (χ0) is 21.3. The van der Waals surface area contributed by atoms with Crippen LogP contribution in [0.1, 0.15) is 29.0 Å². The van der Waals surface area contributed by atoms with Crippen molar-refractivity contribution in [1.29, 1.82) is 0 Å². The third-order valence-electron chi connectivity index (χ3n) is 5.25. The Hall–Kier alpha value is -3.19. The van der Waals surface area contributed by atoms with Gasteiger partial charge < -0.3 is 19.5 Å². The molecule has 1 N–H and O–H groups in total. The number of nitrogens with zero attached hydrogens (tertiary/aromatic N) is 2. The molecular formula is C22H22ClN3O4. The summed E-state index contributed by atoms with van der Waals surface area (Å²) in [6.07, 6.45) is 2.08. The van der Waals surface area contributed by atoms with Gasteiger partial charge in [-0.15, -0.1) is 0 Å². The molecule has 1 aliphatic heterocycles. The molecule has 156 valence electrons. The van der Waals surface area contributed by atoms with Crippen LogP contribution < -0.4 is 19.5 Å². The van der Waals surface area contributed by atoms with E-state index in [9.17, 15) is 4.79 Å². The van der Waals surface area contributed by atoms with Gasteiger partial charge >= 0.3 is 0 Å². The highest BCUT2D eigenvalue weighted by molar-refractivity contribution is 6.30. The summed E-state index contributed by atoms with van der Waals surface area (Å²) in [5, 5.41) is 8.17. The Bertz CT molecular complexity index is 1080. The molecule has 2 heterocycles. The average molecular weight is 428 g/mol. The number of aromatic nitrogens is 2. The Morgan fingerprint density at radius 2 is 1.77 bits per heavy atom. The second-order valence-electron chi connectivity index (χ2n) is 6.96. The standard InChI is InChI=1S/C22H22ClN3O4/c1-28-18-9-8-15(20(29-2)21(18)30-3)16-10-19(27)25-22-17(16)11-24-26(22)12-13-4-6-14(23)7-5-13/h4-9,11,16H,10,12H2,1-3H3,(H,25,27)/t16-/m0/s1. The molecule has 0 spiro atoms. The predicted molar refractivity (Wildman–Crippen MR) is 114 cm³/mol. The van der Waals surface area contributed by atoms with Crippen LogP contribution in [-0.2, 0) is 11.3 Å². The highest BCUT2D eigenvalue weighted by Crippen LogP contribution is 2.47. The highest BCUT2D eigenvalue weighted by Gasteiger charge is 2.33. The molecule has 0 saturated carbocycles. The summed E-state index contributed by atoms with van der Waals surface area (Å²) in [7, 11) is 4.71. The molecule has 8 heteroatoms. The van der Waals surface area contributed by atoms with Crippen LogP contribution in [0.25, 0.3) is 0 Å². The minimum atomic E-state index is -0.220. The lowest BCUT2D eigenvalue weighted by atomic mass is 9.86.